The number of methoxy groups -OCH3 is 1. The van der Waals surface area contributed by atoms with Gasteiger partial charge in [0.25, 0.3) is 0 Å². The monoisotopic (exact) mass is 243 g/mol. The Morgan fingerprint density at radius 1 is 1.33 bits per heavy atom. The lowest BCUT2D eigenvalue weighted by molar-refractivity contribution is 0.386. The predicted molar refractivity (Wildman–Crippen MR) is 66.6 cm³/mol. The topological polar surface area (TPSA) is 53.1 Å². The van der Waals surface area contributed by atoms with E-state index in [2.05, 4.69) is 14.7 Å². The van der Waals surface area contributed by atoms with E-state index >= 15 is 0 Å². The van der Waals surface area contributed by atoms with Crippen LogP contribution in [0.25, 0.3) is 10.9 Å². The van der Waals surface area contributed by atoms with E-state index in [-0.39, 0.29) is 0 Å². The van der Waals surface area contributed by atoms with Gasteiger partial charge in [0.1, 0.15) is 5.75 Å². The highest BCUT2D eigenvalue weighted by Crippen LogP contribution is 2.22. The van der Waals surface area contributed by atoms with E-state index in [4.69, 9.17) is 9.26 Å². The van der Waals surface area contributed by atoms with Gasteiger partial charge in [0, 0.05) is 24.0 Å². The summed E-state index contributed by atoms with van der Waals surface area (Å²) >= 11 is 0. The van der Waals surface area contributed by atoms with Gasteiger partial charge in [0.05, 0.1) is 13.7 Å². The average Bonchev–Trinajstić information content (AvgIpc) is 2.96. The van der Waals surface area contributed by atoms with Crippen LogP contribution in [0.4, 0.5) is 0 Å². The summed E-state index contributed by atoms with van der Waals surface area (Å²) in [6.07, 6.45) is 2.01. The molecule has 0 saturated carbocycles. The van der Waals surface area contributed by atoms with Crippen molar-refractivity contribution in [3.05, 3.63) is 42.2 Å². The number of hydrogen-bond donors (Lipinski definition) is 0. The standard InChI is InChI=1S/C13H13N3O2/c1-9-14-13(15-18-9)8-16-6-5-10-7-11(17-2)3-4-12(10)16/h3-7H,8H2,1-2H3. The second-order valence-corrected chi connectivity index (χ2v) is 4.10. The summed E-state index contributed by atoms with van der Waals surface area (Å²) in [6, 6.07) is 8.03. The van der Waals surface area contributed by atoms with Crippen LogP contribution in [-0.2, 0) is 6.54 Å². The molecule has 0 fully saturated rings. The van der Waals surface area contributed by atoms with Crippen LogP contribution >= 0.6 is 0 Å². The molecule has 3 aromatic rings. The Balaban J connectivity index is 1.97. The third kappa shape index (κ3) is 1.84. The Kier molecular flexibility index (Phi) is 2.51. The molecule has 0 atom stereocenters. The molecule has 0 amide bonds. The highest BCUT2D eigenvalue weighted by molar-refractivity contribution is 5.81. The van der Waals surface area contributed by atoms with Crippen LogP contribution in [0.2, 0.25) is 0 Å². The van der Waals surface area contributed by atoms with Crippen LogP contribution in [0.15, 0.2) is 35.0 Å². The SMILES string of the molecule is COc1ccc2c(ccn2Cc2noc(C)n2)c1. The number of fused-ring (bicyclic) bond motifs is 1. The Morgan fingerprint density at radius 3 is 2.94 bits per heavy atom. The summed E-state index contributed by atoms with van der Waals surface area (Å²) in [5, 5.41) is 5.03. The zero-order chi connectivity index (χ0) is 12.5. The first-order valence-electron chi connectivity index (χ1n) is 5.68. The molecule has 0 unspecified atom stereocenters. The summed E-state index contributed by atoms with van der Waals surface area (Å²) in [7, 11) is 1.67. The van der Waals surface area contributed by atoms with E-state index in [9.17, 15) is 0 Å². The molecule has 0 saturated heterocycles. The van der Waals surface area contributed by atoms with Gasteiger partial charge in [-0.2, -0.15) is 4.98 Å². The van der Waals surface area contributed by atoms with Gasteiger partial charge in [-0.15, -0.1) is 0 Å². The minimum atomic E-state index is 0.586. The molecule has 5 heteroatoms. The Hall–Kier alpha value is -2.30. The van der Waals surface area contributed by atoms with Crippen molar-refractivity contribution in [3.63, 3.8) is 0 Å². The van der Waals surface area contributed by atoms with Crippen molar-refractivity contribution in [1.29, 1.82) is 0 Å². The second kappa shape index (κ2) is 4.18. The lowest BCUT2D eigenvalue weighted by atomic mass is 10.2. The Morgan fingerprint density at radius 2 is 2.22 bits per heavy atom. The molecule has 2 aromatic heterocycles. The van der Waals surface area contributed by atoms with Gasteiger partial charge in [0.15, 0.2) is 5.82 Å². The van der Waals surface area contributed by atoms with Crippen LogP contribution in [0.1, 0.15) is 11.7 Å². The van der Waals surface area contributed by atoms with Crippen molar-refractivity contribution in [1.82, 2.24) is 14.7 Å². The fraction of sp³-hybridized carbons (Fsp3) is 0.231. The van der Waals surface area contributed by atoms with E-state index < -0.39 is 0 Å². The number of rotatable bonds is 3. The van der Waals surface area contributed by atoms with Crippen LogP contribution in [0, 0.1) is 6.92 Å². The van der Waals surface area contributed by atoms with Gasteiger partial charge in [0.2, 0.25) is 5.89 Å². The number of aryl methyl sites for hydroxylation is 1. The number of aromatic nitrogens is 3. The molecule has 0 N–H and O–H groups in total. The zero-order valence-electron chi connectivity index (χ0n) is 10.3. The van der Waals surface area contributed by atoms with Crippen molar-refractivity contribution in [2.75, 3.05) is 7.11 Å². The van der Waals surface area contributed by atoms with Crippen LogP contribution < -0.4 is 4.74 Å². The highest BCUT2D eigenvalue weighted by atomic mass is 16.5. The first-order chi connectivity index (χ1) is 8.76. The normalized spacial score (nSPS) is 11.0. The van der Waals surface area contributed by atoms with Crippen molar-refractivity contribution >= 4 is 10.9 Å². The van der Waals surface area contributed by atoms with E-state index in [1.54, 1.807) is 14.0 Å². The lowest BCUT2D eigenvalue weighted by Gasteiger charge is -2.03. The highest BCUT2D eigenvalue weighted by Gasteiger charge is 2.06. The second-order valence-electron chi connectivity index (χ2n) is 4.10. The fourth-order valence-electron chi connectivity index (χ4n) is 2.00. The zero-order valence-corrected chi connectivity index (χ0v) is 10.3. The molecule has 18 heavy (non-hydrogen) atoms. The Bertz CT molecular complexity index is 684. The molecule has 2 heterocycles. The van der Waals surface area contributed by atoms with E-state index in [1.165, 1.54) is 0 Å². The largest absolute Gasteiger partial charge is 0.497 e. The molecular formula is C13H13N3O2. The maximum atomic E-state index is 5.20. The van der Waals surface area contributed by atoms with Crippen molar-refractivity contribution < 1.29 is 9.26 Å². The summed E-state index contributed by atoms with van der Waals surface area (Å²) in [4.78, 5) is 4.20. The Labute approximate surface area is 104 Å². The van der Waals surface area contributed by atoms with Crippen LogP contribution in [0.3, 0.4) is 0 Å². The molecule has 3 rings (SSSR count). The minimum absolute atomic E-state index is 0.586. The number of ether oxygens (including phenoxy) is 1. The van der Waals surface area contributed by atoms with Gasteiger partial charge >= 0.3 is 0 Å². The van der Waals surface area contributed by atoms with Crippen molar-refractivity contribution in [3.8, 4) is 5.75 Å². The van der Waals surface area contributed by atoms with Crippen molar-refractivity contribution in [2.24, 2.45) is 0 Å². The van der Waals surface area contributed by atoms with Crippen LogP contribution in [0.5, 0.6) is 5.75 Å². The molecule has 0 aliphatic rings. The molecular weight excluding hydrogens is 230 g/mol. The third-order valence-electron chi connectivity index (χ3n) is 2.86. The quantitative estimate of drug-likeness (QED) is 0.708. The summed E-state index contributed by atoms with van der Waals surface area (Å²) in [6.45, 7) is 2.39. The summed E-state index contributed by atoms with van der Waals surface area (Å²) < 4.78 is 12.3. The third-order valence-corrected chi connectivity index (χ3v) is 2.86. The molecule has 0 aliphatic heterocycles. The first kappa shape index (κ1) is 10.8. The molecule has 5 nitrogen and oxygen atoms in total. The van der Waals surface area contributed by atoms with Gasteiger partial charge in [-0.3, -0.25) is 0 Å². The lowest BCUT2D eigenvalue weighted by Crippen LogP contribution is -1.99. The maximum absolute atomic E-state index is 5.20. The van der Waals surface area contributed by atoms with Gasteiger partial charge in [-0.05, 0) is 24.3 Å². The predicted octanol–water partition coefficient (Wildman–Crippen LogP) is 2.39. The minimum Gasteiger partial charge on any atom is -0.497 e. The molecule has 0 bridgehead atoms. The van der Waals surface area contributed by atoms with Gasteiger partial charge < -0.3 is 13.8 Å². The molecule has 1 aromatic carbocycles. The fourth-order valence-corrected chi connectivity index (χ4v) is 2.00. The molecule has 0 aliphatic carbocycles. The van der Waals surface area contributed by atoms with Gasteiger partial charge in [-0.25, -0.2) is 0 Å². The average molecular weight is 243 g/mol. The smallest absolute Gasteiger partial charge is 0.223 e. The molecule has 0 spiro atoms. The number of benzene rings is 1. The number of hydrogen-bond acceptors (Lipinski definition) is 4. The number of nitrogens with zero attached hydrogens (tertiary/aromatic N) is 3. The van der Waals surface area contributed by atoms with Gasteiger partial charge in [-0.1, -0.05) is 5.16 Å². The summed E-state index contributed by atoms with van der Waals surface area (Å²) in [5.74, 6) is 2.12. The van der Waals surface area contributed by atoms with E-state index in [0.717, 1.165) is 16.7 Å². The van der Waals surface area contributed by atoms with E-state index in [0.29, 0.717) is 18.3 Å². The first-order valence-corrected chi connectivity index (χ1v) is 5.68. The maximum Gasteiger partial charge on any atom is 0.223 e. The summed E-state index contributed by atoms with van der Waals surface area (Å²) in [5.41, 5.74) is 1.12. The molecule has 0 radical (unpaired) electrons. The van der Waals surface area contributed by atoms with Crippen LogP contribution in [-0.4, -0.2) is 21.8 Å². The van der Waals surface area contributed by atoms with E-state index in [1.807, 2.05) is 30.5 Å². The molecule has 92 valence electrons. The van der Waals surface area contributed by atoms with Crippen molar-refractivity contribution in [2.45, 2.75) is 13.5 Å².